The lowest BCUT2D eigenvalue weighted by Crippen LogP contribution is -2.12. The highest BCUT2D eigenvalue weighted by molar-refractivity contribution is 5.99. The number of carbonyl (C=O) groups is 4. The molecule has 1 aromatic heterocycles. The van der Waals surface area contributed by atoms with Crippen LogP contribution in [0.1, 0.15) is 77.6 Å². The normalized spacial score (nSPS) is 10.9. The van der Waals surface area contributed by atoms with Gasteiger partial charge in [0.15, 0.2) is 0 Å². The van der Waals surface area contributed by atoms with Gasteiger partial charge in [-0.2, -0.15) is 0 Å². The van der Waals surface area contributed by atoms with Crippen LogP contribution in [0.25, 0.3) is 21.5 Å². The molecule has 0 fully saturated rings. The number of aromatic hydroxyl groups is 2. The lowest BCUT2D eigenvalue weighted by Gasteiger charge is -2.10. The van der Waals surface area contributed by atoms with E-state index in [0.29, 0.717) is 43.5 Å². The molecule has 13 heteroatoms. The number of esters is 4. The van der Waals surface area contributed by atoms with Gasteiger partial charge < -0.3 is 38.6 Å². The van der Waals surface area contributed by atoms with E-state index >= 15 is 0 Å². The summed E-state index contributed by atoms with van der Waals surface area (Å²) < 4.78 is 34.4. The minimum atomic E-state index is -0.860. The average molecular weight is 870 g/mol. The predicted molar refractivity (Wildman–Crippen MR) is 241 cm³/mol. The van der Waals surface area contributed by atoms with Gasteiger partial charge in [-0.1, -0.05) is 67.8 Å². The van der Waals surface area contributed by atoms with Crippen LogP contribution in [0, 0.1) is 0 Å². The summed E-state index contributed by atoms with van der Waals surface area (Å²) in [5.41, 5.74) is 1.00. The van der Waals surface area contributed by atoms with Crippen molar-refractivity contribution in [1.82, 2.24) is 4.57 Å². The summed E-state index contributed by atoms with van der Waals surface area (Å²) >= 11 is 0. The lowest BCUT2D eigenvalue weighted by atomic mass is 10.1. The molecule has 6 rings (SSSR count). The van der Waals surface area contributed by atoms with Gasteiger partial charge in [0.1, 0.15) is 11.5 Å². The Morgan fingerprint density at radius 2 is 0.906 bits per heavy atom. The van der Waals surface area contributed by atoms with Crippen molar-refractivity contribution in [1.29, 1.82) is 0 Å². The molecule has 5 aromatic carbocycles. The van der Waals surface area contributed by atoms with Gasteiger partial charge in [-0.3, -0.25) is 4.57 Å². The molecule has 0 radical (unpaired) electrons. The summed E-state index contributed by atoms with van der Waals surface area (Å²) in [6, 6.07) is 29.8. The number of nitrogens with zero attached hydrogens (tertiary/aromatic N) is 1. The molecule has 2 N–H and O–H groups in total. The third kappa shape index (κ3) is 12.8. The minimum Gasteiger partial charge on any atom is -0.494 e. The molecule has 332 valence electrons. The largest absolute Gasteiger partial charge is 0.494 e. The van der Waals surface area contributed by atoms with Crippen LogP contribution in [-0.4, -0.2) is 65.1 Å². The third-order valence-electron chi connectivity index (χ3n) is 10.2. The number of fused-ring (bicyclic) bond motifs is 2. The summed E-state index contributed by atoms with van der Waals surface area (Å²) in [6.07, 6.45) is 9.11. The monoisotopic (exact) mass is 869 g/mol. The molecular weight excluding hydrogens is 819 g/mol. The van der Waals surface area contributed by atoms with Crippen molar-refractivity contribution >= 4 is 45.4 Å². The molecule has 0 saturated heterocycles. The van der Waals surface area contributed by atoms with Crippen molar-refractivity contribution in [2.45, 2.75) is 57.9 Å². The zero-order chi connectivity index (χ0) is 45.3. The molecule has 0 spiro atoms. The zero-order valence-electron chi connectivity index (χ0n) is 35.5. The van der Waals surface area contributed by atoms with Gasteiger partial charge in [-0.25, -0.2) is 19.2 Å². The first-order valence-electron chi connectivity index (χ1n) is 21.2. The topological polar surface area (TPSA) is 169 Å². The van der Waals surface area contributed by atoms with Crippen LogP contribution in [0.3, 0.4) is 0 Å². The Hall–Kier alpha value is -7.54. The smallest absolute Gasteiger partial charge is 0.343 e. The van der Waals surface area contributed by atoms with Gasteiger partial charge in [-0.15, -0.1) is 0 Å². The van der Waals surface area contributed by atoms with Crippen LogP contribution in [-0.2, 0) is 25.6 Å². The van der Waals surface area contributed by atoms with Crippen molar-refractivity contribution in [2.24, 2.45) is 0 Å². The quantitative estimate of drug-likeness (QED) is 0.0336. The number of rotatable bonds is 24. The standard InChI is InChI=1S/C51H51NO12/c1-3-44(53)61-28-14-7-5-12-26-59-42-24-22-36-30-40(20-18-38(36)32-42)50(57)63-46-47(49(56)52(48(46)55)34-35-16-10-9-11-17-35)64-51(58)41-21-19-39-33-43(25-23-37(39)31-41)60-27-13-6-8-15-29-62-45(54)4-2/h3-4,9-11,16-25,30-33,55-56H,1-2,5-8,12-15,26-29,34H2. The molecule has 0 aliphatic heterocycles. The predicted octanol–water partition coefficient (Wildman–Crippen LogP) is 10.0. The van der Waals surface area contributed by atoms with E-state index in [1.165, 1.54) is 0 Å². The van der Waals surface area contributed by atoms with E-state index < -0.39 is 47.1 Å². The van der Waals surface area contributed by atoms with Crippen molar-refractivity contribution in [2.75, 3.05) is 26.4 Å². The highest BCUT2D eigenvalue weighted by Gasteiger charge is 2.30. The second-order valence-corrected chi connectivity index (χ2v) is 14.9. The highest BCUT2D eigenvalue weighted by Crippen LogP contribution is 2.48. The Kier molecular flexibility index (Phi) is 16.6. The summed E-state index contributed by atoms with van der Waals surface area (Å²) in [5, 5.41) is 25.9. The number of unbranched alkanes of at least 4 members (excludes halogenated alkanes) is 6. The molecule has 0 aliphatic rings. The Balaban J connectivity index is 1.10. The van der Waals surface area contributed by atoms with Crippen molar-refractivity contribution in [3.63, 3.8) is 0 Å². The van der Waals surface area contributed by atoms with Gasteiger partial charge in [0, 0.05) is 12.2 Å². The average Bonchev–Trinajstić information content (AvgIpc) is 3.52. The van der Waals surface area contributed by atoms with Gasteiger partial charge in [-0.05, 0) is 127 Å². The fraction of sp³-hybridized carbons (Fsp3) is 0.255. The maximum absolute atomic E-state index is 13.7. The Morgan fingerprint density at radius 3 is 1.34 bits per heavy atom. The first-order chi connectivity index (χ1) is 31.1. The molecule has 0 amide bonds. The molecule has 0 aliphatic carbocycles. The van der Waals surface area contributed by atoms with Gasteiger partial charge in [0.25, 0.3) is 0 Å². The SMILES string of the molecule is C=CC(=O)OCCCCCCOc1ccc2cc(C(=O)Oc3c(OC(=O)c4ccc5cc(OCCCCCCOC(=O)C=C)ccc5c4)c(O)n(Cc4ccccc4)c3O)ccc2c1. The Morgan fingerprint density at radius 1 is 0.500 bits per heavy atom. The minimum absolute atomic E-state index is 0.0260. The van der Waals surface area contributed by atoms with E-state index in [-0.39, 0.29) is 17.7 Å². The molecule has 0 unspecified atom stereocenters. The maximum Gasteiger partial charge on any atom is 0.343 e. The number of hydrogen-bond acceptors (Lipinski definition) is 12. The van der Waals surface area contributed by atoms with E-state index in [4.69, 9.17) is 28.4 Å². The van der Waals surface area contributed by atoms with Crippen molar-refractivity contribution in [3.8, 4) is 34.8 Å². The Bertz CT molecular complexity index is 2440. The number of carbonyl (C=O) groups excluding carboxylic acids is 4. The van der Waals surface area contributed by atoms with Crippen LogP contribution >= 0.6 is 0 Å². The molecular formula is C51H51NO12. The fourth-order valence-electron chi connectivity index (χ4n) is 6.79. The highest BCUT2D eigenvalue weighted by atomic mass is 16.6. The van der Waals surface area contributed by atoms with E-state index in [2.05, 4.69) is 13.2 Å². The first kappa shape index (κ1) is 46.0. The first-order valence-corrected chi connectivity index (χ1v) is 21.2. The fourth-order valence-corrected chi connectivity index (χ4v) is 6.79. The summed E-state index contributed by atoms with van der Waals surface area (Å²) in [6.45, 7) is 8.48. The number of benzene rings is 5. The second kappa shape index (κ2) is 23.1. The number of hydrogen-bond donors (Lipinski definition) is 2. The van der Waals surface area contributed by atoms with Crippen LogP contribution in [0.5, 0.6) is 34.8 Å². The van der Waals surface area contributed by atoms with Gasteiger partial charge in [0.05, 0.1) is 44.1 Å². The summed E-state index contributed by atoms with van der Waals surface area (Å²) in [4.78, 5) is 49.6. The zero-order valence-corrected chi connectivity index (χ0v) is 35.5. The molecule has 0 saturated carbocycles. The number of ether oxygens (including phenoxy) is 6. The van der Waals surface area contributed by atoms with E-state index in [0.717, 1.165) is 89.6 Å². The molecule has 0 atom stereocenters. The molecule has 6 aromatic rings. The van der Waals surface area contributed by atoms with Gasteiger partial charge in [0.2, 0.25) is 23.3 Å². The summed E-state index contributed by atoms with van der Waals surface area (Å²) in [5.74, 6) is -3.50. The molecule has 0 bridgehead atoms. The van der Waals surface area contributed by atoms with E-state index in [1.54, 1.807) is 72.8 Å². The van der Waals surface area contributed by atoms with Crippen molar-refractivity contribution in [3.05, 3.63) is 145 Å². The van der Waals surface area contributed by atoms with E-state index in [1.807, 2.05) is 30.3 Å². The van der Waals surface area contributed by atoms with Crippen LogP contribution < -0.4 is 18.9 Å². The summed E-state index contributed by atoms with van der Waals surface area (Å²) in [7, 11) is 0. The van der Waals surface area contributed by atoms with Gasteiger partial charge >= 0.3 is 23.9 Å². The lowest BCUT2D eigenvalue weighted by molar-refractivity contribution is -0.138. The molecule has 13 nitrogen and oxygen atoms in total. The van der Waals surface area contributed by atoms with Crippen molar-refractivity contribution < 1.29 is 57.8 Å². The Labute approximate surface area is 371 Å². The maximum atomic E-state index is 13.7. The van der Waals surface area contributed by atoms with Crippen LogP contribution in [0.2, 0.25) is 0 Å². The second-order valence-electron chi connectivity index (χ2n) is 14.9. The molecule has 64 heavy (non-hydrogen) atoms. The van der Waals surface area contributed by atoms with Crippen LogP contribution in [0.15, 0.2) is 128 Å². The van der Waals surface area contributed by atoms with E-state index in [9.17, 15) is 29.4 Å². The third-order valence-corrected chi connectivity index (χ3v) is 10.2. The number of aromatic nitrogens is 1. The van der Waals surface area contributed by atoms with Crippen LogP contribution in [0.4, 0.5) is 0 Å². The molecule has 1 heterocycles.